The molecule has 1 atom stereocenters. The number of nitrogens with one attached hydrogen (secondary N) is 1. The van der Waals surface area contributed by atoms with Crippen molar-refractivity contribution in [3.63, 3.8) is 0 Å². The largest absolute Gasteiger partial charge is 0.408 e. The van der Waals surface area contributed by atoms with Gasteiger partial charge in [-0.25, -0.2) is 0 Å². The molecule has 0 unspecified atom stereocenters. The van der Waals surface area contributed by atoms with Crippen molar-refractivity contribution in [2.75, 3.05) is 26.2 Å². The summed E-state index contributed by atoms with van der Waals surface area (Å²) in [5.41, 5.74) is 1.40. The van der Waals surface area contributed by atoms with Crippen LogP contribution in [0.3, 0.4) is 0 Å². The third-order valence-electron chi connectivity index (χ3n) is 3.53. The number of halogens is 3. The number of hydrogen-bond acceptors (Lipinski definition) is 2. The molecule has 1 aliphatic rings. The first kappa shape index (κ1) is 14.3. The lowest BCUT2D eigenvalue weighted by Crippen LogP contribution is -2.49. The summed E-state index contributed by atoms with van der Waals surface area (Å²) in [5, 5.41) is 3.08. The zero-order valence-corrected chi connectivity index (χ0v) is 11.0. The molecular formula is C14H19F3N2. The highest BCUT2D eigenvalue weighted by atomic mass is 19.4. The molecule has 0 saturated carbocycles. The molecule has 5 heteroatoms. The molecule has 0 spiro atoms. The van der Waals surface area contributed by atoms with Crippen molar-refractivity contribution in [2.45, 2.75) is 25.6 Å². The van der Waals surface area contributed by atoms with E-state index in [1.54, 1.807) is 24.3 Å². The Hall–Kier alpha value is -1.07. The number of alkyl halides is 3. The van der Waals surface area contributed by atoms with Crippen LogP contribution in [-0.4, -0.2) is 37.3 Å². The van der Waals surface area contributed by atoms with Gasteiger partial charge in [-0.05, 0) is 17.5 Å². The summed E-state index contributed by atoms with van der Waals surface area (Å²) in [6, 6.07) is 5.31. The molecular weight excluding hydrogens is 253 g/mol. The minimum atomic E-state index is -4.23. The van der Waals surface area contributed by atoms with Crippen LogP contribution in [0.5, 0.6) is 0 Å². The maximum atomic E-state index is 13.3. The van der Waals surface area contributed by atoms with Crippen LogP contribution >= 0.6 is 0 Å². The fourth-order valence-electron chi connectivity index (χ4n) is 2.48. The molecule has 1 N–H and O–H groups in total. The Morgan fingerprint density at radius 1 is 1.16 bits per heavy atom. The number of rotatable bonds is 3. The van der Waals surface area contributed by atoms with E-state index < -0.39 is 12.2 Å². The molecule has 1 heterocycles. The molecule has 1 aromatic carbocycles. The predicted octanol–water partition coefficient (Wildman–Crippen LogP) is 2.76. The molecule has 0 aliphatic carbocycles. The van der Waals surface area contributed by atoms with Gasteiger partial charge in [0.2, 0.25) is 0 Å². The summed E-state index contributed by atoms with van der Waals surface area (Å²) in [5.74, 6) is 0. The van der Waals surface area contributed by atoms with Crippen LogP contribution < -0.4 is 5.32 Å². The van der Waals surface area contributed by atoms with Crippen molar-refractivity contribution < 1.29 is 13.2 Å². The van der Waals surface area contributed by atoms with Gasteiger partial charge in [-0.2, -0.15) is 13.2 Å². The van der Waals surface area contributed by atoms with Gasteiger partial charge < -0.3 is 5.32 Å². The van der Waals surface area contributed by atoms with Crippen LogP contribution in [0.2, 0.25) is 0 Å². The fraction of sp³-hybridized carbons (Fsp3) is 0.571. The Morgan fingerprint density at radius 2 is 1.74 bits per heavy atom. The van der Waals surface area contributed by atoms with Gasteiger partial charge in [0.15, 0.2) is 0 Å². The molecule has 0 aromatic heterocycles. The second-order valence-corrected chi connectivity index (χ2v) is 4.83. The predicted molar refractivity (Wildman–Crippen MR) is 69.1 cm³/mol. The second kappa shape index (κ2) is 5.92. The Morgan fingerprint density at radius 3 is 2.21 bits per heavy atom. The van der Waals surface area contributed by atoms with Gasteiger partial charge in [0.05, 0.1) is 0 Å². The van der Waals surface area contributed by atoms with Crippen molar-refractivity contribution in [1.82, 2.24) is 10.2 Å². The molecule has 2 rings (SSSR count). The van der Waals surface area contributed by atoms with Gasteiger partial charge in [-0.1, -0.05) is 31.2 Å². The Labute approximate surface area is 111 Å². The lowest BCUT2D eigenvalue weighted by Gasteiger charge is -2.36. The molecule has 1 aliphatic heterocycles. The highest BCUT2D eigenvalue weighted by molar-refractivity contribution is 5.26. The van der Waals surface area contributed by atoms with Crippen molar-refractivity contribution >= 4 is 0 Å². The summed E-state index contributed by atoms with van der Waals surface area (Å²) >= 11 is 0. The van der Waals surface area contributed by atoms with E-state index in [-0.39, 0.29) is 0 Å². The van der Waals surface area contributed by atoms with Gasteiger partial charge in [0.25, 0.3) is 0 Å². The molecule has 0 amide bonds. The average Bonchev–Trinajstić information content (AvgIpc) is 2.39. The molecule has 2 nitrogen and oxygen atoms in total. The van der Waals surface area contributed by atoms with Crippen LogP contribution in [0.15, 0.2) is 24.3 Å². The van der Waals surface area contributed by atoms with Gasteiger partial charge in [0, 0.05) is 26.2 Å². The summed E-state index contributed by atoms with van der Waals surface area (Å²) in [4.78, 5) is 1.51. The quantitative estimate of drug-likeness (QED) is 0.910. The fourth-order valence-corrected chi connectivity index (χ4v) is 2.48. The highest BCUT2D eigenvalue weighted by Gasteiger charge is 2.44. The van der Waals surface area contributed by atoms with E-state index in [0.29, 0.717) is 31.7 Å². The standard InChI is InChI=1S/C14H19F3N2/c1-2-11-3-5-12(6-4-11)13(14(15,16)17)19-9-7-18-8-10-19/h3-6,13,18H,2,7-10H2,1H3/t13-/m0/s1. The van der Waals surface area contributed by atoms with Crippen LogP contribution in [0.1, 0.15) is 24.1 Å². The molecule has 1 saturated heterocycles. The van der Waals surface area contributed by atoms with E-state index in [9.17, 15) is 13.2 Å². The third kappa shape index (κ3) is 3.48. The first-order valence-corrected chi connectivity index (χ1v) is 6.62. The number of nitrogens with zero attached hydrogens (tertiary/aromatic N) is 1. The van der Waals surface area contributed by atoms with Crippen molar-refractivity contribution in [3.8, 4) is 0 Å². The van der Waals surface area contributed by atoms with Crippen LogP contribution in [0, 0.1) is 0 Å². The van der Waals surface area contributed by atoms with Gasteiger partial charge in [0.1, 0.15) is 6.04 Å². The number of aryl methyl sites for hydroxylation is 1. The Balaban J connectivity index is 2.25. The van der Waals surface area contributed by atoms with Gasteiger partial charge in [-0.3, -0.25) is 4.90 Å². The van der Waals surface area contributed by atoms with E-state index in [4.69, 9.17) is 0 Å². The first-order chi connectivity index (χ1) is 9.02. The Kier molecular flexibility index (Phi) is 4.47. The molecule has 1 aromatic rings. The number of benzene rings is 1. The summed E-state index contributed by atoms with van der Waals surface area (Å²) in [7, 11) is 0. The van der Waals surface area contributed by atoms with E-state index in [0.717, 1.165) is 12.0 Å². The highest BCUT2D eigenvalue weighted by Crippen LogP contribution is 2.37. The SMILES string of the molecule is CCc1ccc([C@H](N2CCNCC2)C(F)(F)F)cc1. The van der Waals surface area contributed by atoms with Gasteiger partial charge in [-0.15, -0.1) is 0 Å². The van der Waals surface area contributed by atoms with Crippen molar-refractivity contribution in [3.05, 3.63) is 35.4 Å². The smallest absolute Gasteiger partial charge is 0.314 e. The lowest BCUT2D eigenvalue weighted by atomic mass is 10.0. The minimum absolute atomic E-state index is 0.339. The van der Waals surface area contributed by atoms with Crippen molar-refractivity contribution in [2.24, 2.45) is 0 Å². The van der Waals surface area contributed by atoms with Crippen LogP contribution in [-0.2, 0) is 6.42 Å². The summed E-state index contributed by atoms with van der Waals surface area (Å²) in [6.07, 6.45) is -3.39. The first-order valence-electron chi connectivity index (χ1n) is 6.62. The normalized spacial score (nSPS) is 19.4. The topological polar surface area (TPSA) is 15.3 Å². The molecule has 19 heavy (non-hydrogen) atoms. The zero-order valence-electron chi connectivity index (χ0n) is 11.0. The molecule has 0 bridgehead atoms. The summed E-state index contributed by atoms with van der Waals surface area (Å²) < 4.78 is 39.9. The average molecular weight is 272 g/mol. The Bertz CT molecular complexity index is 394. The third-order valence-corrected chi connectivity index (χ3v) is 3.53. The van der Waals surface area contributed by atoms with E-state index >= 15 is 0 Å². The van der Waals surface area contributed by atoms with Crippen LogP contribution in [0.4, 0.5) is 13.2 Å². The van der Waals surface area contributed by atoms with Crippen LogP contribution in [0.25, 0.3) is 0 Å². The van der Waals surface area contributed by atoms with Gasteiger partial charge >= 0.3 is 6.18 Å². The zero-order chi connectivity index (χ0) is 13.9. The molecule has 0 radical (unpaired) electrons. The van der Waals surface area contributed by atoms with E-state index in [2.05, 4.69) is 5.32 Å². The number of piperazine rings is 1. The summed E-state index contributed by atoms with van der Waals surface area (Å²) in [6.45, 7) is 4.07. The maximum absolute atomic E-state index is 13.3. The lowest BCUT2D eigenvalue weighted by molar-refractivity contribution is -0.187. The van der Waals surface area contributed by atoms with Crippen molar-refractivity contribution in [1.29, 1.82) is 0 Å². The maximum Gasteiger partial charge on any atom is 0.408 e. The molecule has 106 valence electrons. The monoisotopic (exact) mass is 272 g/mol. The minimum Gasteiger partial charge on any atom is -0.314 e. The van der Waals surface area contributed by atoms with E-state index in [1.807, 2.05) is 6.92 Å². The number of hydrogen-bond donors (Lipinski definition) is 1. The van der Waals surface area contributed by atoms with E-state index in [1.165, 1.54) is 4.90 Å². The second-order valence-electron chi connectivity index (χ2n) is 4.83. The molecule has 1 fully saturated rings.